The molecular weight excluding hydrogens is 231 g/mol. The molecule has 0 saturated heterocycles. The largest absolute Gasteiger partial charge is 0.355 e. The number of amides is 1. The van der Waals surface area contributed by atoms with Crippen molar-refractivity contribution >= 4 is 17.5 Å². The molecule has 0 fully saturated rings. The molecule has 5 heteroatoms. The number of halogens is 2. The molecule has 88 valence electrons. The van der Waals surface area contributed by atoms with Crippen molar-refractivity contribution in [2.75, 3.05) is 13.1 Å². The molecule has 1 aromatic rings. The van der Waals surface area contributed by atoms with Gasteiger partial charge in [-0.25, -0.2) is 4.39 Å². The first kappa shape index (κ1) is 12.9. The van der Waals surface area contributed by atoms with Crippen molar-refractivity contribution in [1.82, 2.24) is 10.6 Å². The van der Waals surface area contributed by atoms with Crippen LogP contribution in [0.1, 0.15) is 12.5 Å². The van der Waals surface area contributed by atoms with E-state index in [2.05, 4.69) is 10.6 Å². The molecule has 3 nitrogen and oxygen atoms in total. The van der Waals surface area contributed by atoms with Crippen LogP contribution in [-0.4, -0.2) is 19.0 Å². The van der Waals surface area contributed by atoms with Gasteiger partial charge < -0.3 is 10.6 Å². The van der Waals surface area contributed by atoms with Crippen LogP contribution in [0.5, 0.6) is 0 Å². The second-order valence-electron chi connectivity index (χ2n) is 3.37. The Morgan fingerprint density at radius 2 is 2.19 bits per heavy atom. The van der Waals surface area contributed by atoms with Crippen molar-refractivity contribution < 1.29 is 9.18 Å². The average Bonchev–Trinajstić information content (AvgIpc) is 2.23. The summed E-state index contributed by atoms with van der Waals surface area (Å²) in [5, 5.41) is 5.86. The second-order valence-corrected chi connectivity index (χ2v) is 3.75. The predicted molar refractivity (Wildman–Crippen MR) is 61.8 cm³/mol. The van der Waals surface area contributed by atoms with Crippen LogP contribution in [0.25, 0.3) is 0 Å². The Balaban J connectivity index is 2.32. The number of hydrogen-bond acceptors (Lipinski definition) is 2. The molecule has 0 aliphatic carbocycles. The number of carbonyl (C=O) groups excluding carboxylic acids is 1. The van der Waals surface area contributed by atoms with Crippen LogP contribution in [0, 0.1) is 5.82 Å². The van der Waals surface area contributed by atoms with Crippen LogP contribution in [0.3, 0.4) is 0 Å². The quantitative estimate of drug-likeness (QED) is 0.775. The van der Waals surface area contributed by atoms with Gasteiger partial charge in [-0.05, 0) is 11.6 Å². The maximum absolute atomic E-state index is 13.0. The van der Waals surface area contributed by atoms with E-state index < -0.39 is 5.82 Å². The highest BCUT2D eigenvalue weighted by Gasteiger charge is 2.04. The van der Waals surface area contributed by atoms with Crippen LogP contribution in [-0.2, 0) is 11.3 Å². The van der Waals surface area contributed by atoms with Gasteiger partial charge in [0.1, 0.15) is 5.82 Å². The molecule has 0 radical (unpaired) electrons. The summed E-state index contributed by atoms with van der Waals surface area (Å²) >= 11 is 5.77. The average molecular weight is 245 g/mol. The number of carbonyl (C=O) groups is 1. The van der Waals surface area contributed by atoms with Crippen molar-refractivity contribution in [3.8, 4) is 0 Å². The van der Waals surface area contributed by atoms with Crippen LogP contribution in [0.2, 0.25) is 5.02 Å². The molecule has 16 heavy (non-hydrogen) atoms. The Kier molecular flexibility index (Phi) is 5.22. The van der Waals surface area contributed by atoms with Crippen molar-refractivity contribution in [1.29, 1.82) is 0 Å². The molecule has 0 aliphatic heterocycles. The zero-order chi connectivity index (χ0) is 12.0. The normalized spacial score (nSPS) is 10.2. The fourth-order valence-electron chi connectivity index (χ4n) is 1.23. The molecule has 0 unspecified atom stereocenters. The third-order valence-electron chi connectivity index (χ3n) is 2.02. The Morgan fingerprint density at radius 3 is 2.88 bits per heavy atom. The van der Waals surface area contributed by atoms with Gasteiger partial charge in [0.05, 0.1) is 5.02 Å². The zero-order valence-electron chi connectivity index (χ0n) is 9.02. The molecule has 1 aromatic carbocycles. The number of rotatable bonds is 5. The molecule has 0 saturated carbocycles. The van der Waals surface area contributed by atoms with E-state index in [1.54, 1.807) is 12.1 Å². The zero-order valence-corrected chi connectivity index (χ0v) is 9.77. The van der Waals surface area contributed by atoms with Gasteiger partial charge >= 0.3 is 0 Å². The topological polar surface area (TPSA) is 41.1 Å². The number of hydrogen-bond donors (Lipinski definition) is 2. The van der Waals surface area contributed by atoms with Crippen LogP contribution < -0.4 is 10.6 Å². The molecule has 0 bridgehead atoms. The van der Waals surface area contributed by atoms with Crippen LogP contribution in [0.4, 0.5) is 4.39 Å². The molecular formula is C11H14ClFN2O. The first-order valence-corrected chi connectivity index (χ1v) is 5.37. The van der Waals surface area contributed by atoms with Crippen molar-refractivity contribution in [2.45, 2.75) is 13.5 Å². The lowest BCUT2D eigenvalue weighted by molar-refractivity contribution is -0.118. The molecule has 0 aliphatic rings. The summed E-state index contributed by atoms with van der Waals surface area (Å²) < 4.78 is 13.0. The minimum atomic E-state index is -0.414. The first-order chi connectivity index (χ1) is 7.61. The highest BCUT2D eigenvalue weighted by molar-refractivity contribution is 6.31. The highest BCUT2D eigenvalue weighted by atomic mass is 35.5. The fourth-order valence-corrected chi connectivity index (χ4v) is 1.43. The van der Waals surface area contributed by atoms with Gasteiger partial charge in [0.15, 0.2) is 0 Å². The summed E-state index contributed by atoms with van der Waals surface area (Å²) in [5.74, 6) is -0.478. The van der Waals surface area contributed by atoms with E-state index in [9.17, 15) is 9.18 Å². The lowest BCUT2D eigenvalue weighted by Gasteiger charge is -2.07. The summed E-state index contributed by atoms with van der Waals surface area (Å²) in [5.41, 5.74) is 0.712. The Labute approximate surface area is 99.0 Å². The molecule has 0 spiro atoms. The maximum atomic E-state index is 13.0. The second kappa shape index (κ2) is 6.45. The lowest BCUT2D eigenvalue weighted by atomic mass is 10.2. The van der Waals surface area contributed by atoms with Gasteiger partial charge in [0.2, 0.25) is 5.91 Å². The minimum absolute atomic E-state index is 0.0643. The highest BCUT2D eigenvalue weighted by Crippen LogP contribution is 2.18. The van der Waals surface area contributed by atoms with Gasteiger partial charge in [-0.2, -0.15) is 0 Å². The van der Waals surface area contributed by atoms with Crippen LogP contribution in [0.15, 0.2) is 18.2 Å². The van der Waals surface area contributed by atoms with Gasteiger partial charge in [-0.1, -0.05) is 23.7 Å². The standard InChI is InChI=1S/C11H14ClFN2O/c1-8(16)15-6-5-14-7-9-3-2-4-10(13)11(9)12/h2-4,14H,5-7H2,1H3,(H,15,16). The molecule has 0 heterocycles. The summed E-state index contributed by atoms with van der Waals surface area (Å²) in [6.07, 6.45) is 0. The van der Waals surface area contributed by atoms with E-state index in [4.69, 9.17) is 11.6 Å². The van der Waals surface area contributed by atoms with E-state index in [1.165, 1.54) is 13.0 Å². The van der Waals surface area contributed by atoms with Crippen molar-refractivity contribution in [3.63, 3.8) is 0 Å². The SMILES string of the molecule is CC(=O)NCCNCc1cccc(F)c1Cl. The monoisotopic (exact) mass is 244 g/mol. The first-order valence-electron chi connectivity index (χ1n) is 4.99. The van der Waals surface area contributed by atoms with Crippen molar-refractivity contribution in [3.05, 3.63) is 34.6 Å². The molecule has 0 atom stereocenters. The van der Waals surface area contributed by atoms with E-state index in [0.717, 1.165) is 0 Å². The summed E-state index contributed by atoms with van der Waals surface area (Å²) in [7, 11) is 0. The van der Waals surface area contributed by atoms with E-state index in [1.807, 2.05) is 0 Å². The minimum Gasteiger partial charge on any atom is -0.355 e. The van der Waals surface area contributed by atoms with Gasteiger partial charge in [0.25, 0.3) is 0 Å². The predicted octanol–water partition coefficient (Wildman–Crippen LogP) is 1.70. The summed E-state index contributed by atoms with van der Waals surface area (Å²) in [6, 6.07) is 4.70. The maximum Gasteiger partial charge on any atom is 0.216 e. The lowest BCUT2D eigenvalue weighted by Crippen LogP contribution is -2.29. The molecule has 2 N–H and O–H groups in total. The molecule has 1 amide bonds. The van der Waals surface area contributed by atoms with E-state index in [0.29, 0.717) is 25.2 Å². The number of benzene rings is 1. The van der Waals surface area contributed by atoms with E-state index >= 15 is 0 Å². The summed E-state index contributed by atoms with van der Waals surface area (Å²) in [4.78, 5) is 10.6. The van der Waals surface area contributed by atoms with Gasteiger partial charge in [-0.15, -0.1) is 0 Å². The Hall–Kier alpha value is -1.13. The van der Waals surface area contributed by atoms with E-state index in [-0.39, 0.29) is 10.9 Å². The van der Waals surface area contributed by atoms with Gasteiger partial charge in [-0.3, -0.25) is 4.79 Å². The molecule has 1 rings (SSSR count). The Morgan fingerprint density at radius 1 is 1.44 bits per heavy atom. The van der Waals surface area contributed by atoms with Gasteiger partial charge in [0, 0.05) is 26.6 Å². The fraction of sp³-hybridized carbons (Fsp3) is 0.364. The smallest absolute Gasteiger partial charge is 0.216 e. The van der Waals surface area contributed by atoms with Crippen molar-refractivity contribution in [2.24, 2.45) is 0 Å². The number of nitrogens with one attached hydrogen (secondary N) is 2. The summed E-state index contributed by atoms with van der Waals surface area (Å²) in [6.45, 7) is 3.11. The van der Waals surface area contributed by atoms with Crippen LogP contribution >= 0.6 is 11.6 Å². The molecule has 0 aromatic heterocycles. The third-order valence-corrected chi connectivity index (χ3v) is 2.45. The third kappa shape index (κ3) is 4.16. The Bertz CT molecular complexity index is 371.